The third kappa shape index (κ3) is 2.41. The second-order valence-corrected chi connectivity index (χ2v) is 4.27. The number of anilines is 1. The van der Waals surface area contributed by atoms with E-state index >= 15 is 0 Å². The van der Waals surface area contributed by atoms with Crippen LogP contribution in [0.1, 0.15) is 5.56 Å². The molecule has 7 nitrogen and oxygen atoms in total. The lowest BCUT2D eigenvalue weighted by atomic mass is 10.2. The molecular formula is C13H11N5O2. The highest BCUT2D eigenvalue weighted by Gasteiger charge is 2.01. The number of hydrogen-bond acceptors (Lipinski definition) is 5. The number of rotatable bonds is 3. The molecule has 1 aromatic carbocycles. The van der Waals surface area contributed by atoms with E-state index in [2.05, 4.69) is 25.3 Å². The molecule has 2 heterocycles. The van der Waals surface area contributed by atoms with Gasteiger partial charge < -0.3 is 15.3 Å². The highest BCUT2D eigenvalue weighted by atomic mass is 16.2. The molecule has 0 saturated heterocycles. The van der Waals surface area contributed by atoms with Gasteiger partial charge in [-0.25, -0.2) is 9.97 Å². The number of benzene rings is 1. The van der Waals surface area contributed by atoms with Crippen LogP contribution < -0.4 is 16.4 Å². The fourth-order valence-corrected chi connectivity index (χ4v) is 1.85. The summed E-state index contributed by atoms with van der Waals surface area (Å²) in [4.78, 5) is 35.4. The molecule has 0 spiro atoms. The van der Waals surface area contributed by atoms with Crippen molar-refractivity contribution in [2.24, 2.45) is 0 Å². The van der Waals surface area contributed by atoms with E-state index in [1.165, 1.54) is 6.33 Å². The Morgan fingerprint density at radius 2 is 1.70 bits per heavy atom. The van der Waals surface area contributed by atoms with Crippen LogP contribution in [0.3, 0.4) is 0 Å². The summed E-state index contributed by atoms with van der Waals surface area (Å²) in [6.45, 7) is 0.569. The van der Waals surface area contributed by atoms with Crippen LogP contribution in [0.5, 0.6) is 0 Å². The smallest absolute Gasteiger partial charge is 0.314 e. The van der Waals surface area contributed by atoms with Gasteiger partial charge in [0.25, 0.3) is 0 Å². The first-order chi connectivity index (χ1) is 9.72. The van der Waals surface area contributed by atoms with Crippen LogP contribution in [0.15, 0.2) is 46.5 Å². The average molecular weight is 269 g/mol. The van der Waals surface area contributed by atoms with E-state index in [1.54, 1.807) is 24.5 Å². The lowest BCUT2D eigenvalue weighted by molar-refractivity contribution is 1.05. The minimum atomic E-state index is -0.661. The number of H-pyrrole nitrogens is 2. The molecule has 3 rings (SSSR count). The molecule has 0 aliphatic carbocycles. The molecule has 2 aromatic heterocycles. The van der Waals surface area contributed by atoms with Crippen molar-refractivity contribution in [2.75, 3.05) is 5.32 Å². The molecule has 3 N–H and O–H groups in total. The Hall–Kier alpha value is -2.96. The van der Waals surface area contributed by atoms with Crippen molar-refractivity contribution in [2.45, 2.75) is 6.54 Å². The molecule has 100 valence electrons. The zero-order valence-corrected chi connectivity index (χ0v) is 10.4. The standard InChI is InChI=1S/C13H11N5O2/c19-12-13(20)18-11-3-9(1-2-10(11)17-12)16-6-8-4-14-7-15-5-8/h1-5,7,16H,6H2,(H,17,19)(H,18,20). The Morgan fingerprint density at radius 3 is 2.45 bits per heavy atom. The summed E-state index contributed by atoms with van der Waals surface area (Å²) in [5.41, 5.74) is 1.62. The summed E-state index contributed by atoms with van der Waals surface area (Å²) in [5, 5.41) is 3.19. The SMILES string of the molecule is O=c1[nH]c2ccc(NCc3cncnc3)cc2[nH]c1=O. The summed E-state index contributed by atoms with van der Waals surface area (Å²) >= 11 is 0. The summed E-state index contributed by atoms with van der Waals surface area (Å²) in [6.07, 6.45) is 4.92. The van der Waals surface area contributed by atoms with Crippen molar-refractivity contribution in [1.82, 2.24) is 19.9 Å². The number of aromatic nitrogens is 4. The van der Waals surface area contributed by atoms with Crippen LogP contribution in [0.25, 0.3) is 11.0 Å². The Kier molecular flexibility index (Phi) is 3.00. The van der Waals surface area contributed by atoms with Crippen molar-refractivity contribution in [3.63, 3.8) is 0 Å². The van der Waals surface area contributed by atoms with E-state index in [-0.39, 0.29) is 0 Å². The van der Waals surface area contributed by atoms with Crippen molar-refractivity contribution in [3.8, 4) is 0 Å². The first kappa shape index (κ1) is 12.1. The third-order valence-corrected chi connectivity index (χ3v) is 2.83. The Labute approximate surface area is 112 Å². The predicted octanol–water partition coefficient (Wildman–Crippen LogP) is 0.618. The van der Waals surface area contributed by atoms with Gasteiger partial charge in [-0.15, -0.1) is 0 Å². The second-order valence-electron chi connectivity index (χ2n) is 4.27. The minimum Gasteiger partial charge on any atom is -0.381 e. The molecule has 0 radical (unpaired) electrons. The Balaban J connectivity index is 1.88. The maximum atomic E-state index is 11.3. The number of nitrogens with one attached hydrogen (secondary N) is 3. The van der Waals surface area contributed by atoms with Crippen molar-refractivity contribution in [1.29, 1.82) is 0 Å². The van der Waals surface area contributed by atoms with Crippen LogP contribution in [0.2, 0.25) is 0 Å². The van der Waals surface area contributed by atoms with E-state index < -0.39 is 11.1 Å². The first-order valence-corrected chi connectivity index (χ1v) is 5.96. The van der Waals surface area contributed by atoms with Crippen molar-refractivity contribution < 1.29 is 0 Å². The molecule has 0 aliphatic heterocycles. The maximum Gasteiger partial charge on any atom is 0.314 e. The van der Waals surface area contributed by atoms with Crippen LogP contribution in [0, 0.1) is 0 Å². The monoisotopic (exact) mass is 269 g/mol. The van der Waals surface area contributed by atoms with E-state index in [0.717, 1.165) is 11.3 Å². The van der Waals surface area contributed by atoms with Gasteiger partial charge in [0.1, 0.15) is 6.33 Å². The molecular weight excluding hydrogens is 258 g/mol. The highest BCUT2D eigenvalue weighted by Crippen LogP contribution is 2.14. The lowest BCUT2D eigenvalue weighted by Gasteiger charge is -2.06. The Bertz CT molecular complexity index is 854. The normalized spacial score (nSPS) is 10.6. The zero-order chi connectivity index (χ0) is 13.9. The lowest BCUT2D eigenvalue weighted by Crippen LogP contribution is -2.28. The van der Waals surface area contributed by atoms with Crippen molar-refractivity contribution >= 4 is 16.7 Å². The molecule has 0 bridgehead atoms. The zero-order valence-electron chi connectivity index (χ0n) is 10.4. The third-order valence-electron chi connectivity index (χ3n) is 2.83. The van der Waals surface area contributed by atoms with Crippen LogP contribution >= 0.6 is 0 Å². The average Bonchev–Trinajstić information content (AvgIpc) is 2.47. The van der Waals surface area contributed by atoms with E-state index in [9.17, 15) is 9.59 Å². The van der Waals surface area contributed by atoms with Gasteiger partial charge in [0.05, 0.1) is 11.0 Å². The van der Waals surface area contributed by atoms with Crippen LogP contribution in [-0.2, 0) is 6.54 Å². The Morgan fingerprint density at radius 1 is 1.00 bits per heavy atom. The predicted molar refractivity (Wildman–Crippen MR) is 74.5 cm³/mol. The summed E-state index contributed by atoms with van der Waals surface area (Å²) in [7, 11) is 0. The van der Waals surface area contributed by atoms with E-state index in [0.29, 0.717) is 17.6 Å². The van der Waals surface area contributed by atoms with Gasteiger partial charge in [-0.3, -0.25) is 9.59 Å². The van der Waals surface area contributed by atoms with Gasteiger partial charge in [-0.2, -0.15) is 0 Å². The molecule has 20 heavy (non-hydrogen) atoms. The molecule has 0 aliphatic rings. The second kappa shape index (κ2) is 4.96. The van der Waals surface area contributed by atoms with E-state index in [4.69, 9.17) is 0 Å². The van der Waals surface area contributed by atoms with Gasteiger partial charge in [0.15, 0.2) is 0 Å². The summed E-state index contributed by atoms with van der Waals surface area (Å²) in [5.74, 6) is 0. The highest BCUT2D eigenvalue weighted by molar-refractivity contribution is 5.78. The largest absolute Gasteiger partial charge is 0.381 e. The van der Waals surface area contributed by atoms with Crippen LogP contribution in [0.4, 0.5) is 5.69 Å². The van der Waals surface area contributed by atoms with Crippen LogP contribution in [-0.4, -0.2) is 19.9 Å². The number of hydrogen-bond donors (Lipinski definition) is 3. The van der Waals surface area contributed by atoms with E-state index in [1.807, 2.05) is 6.07 Å². The molecule has 0 atom stereocenters. The fraction of sp³-hybridized carbons (Fsp3) is 0.0769. The molecule has 0 amide bonds. The summed E-state index contributed by atoms with van der Waals surface area (Å²) < 4.78 is 0. The molecule has 3 aromatic rings. The van der Waals surface area contributed by atoms with Crippen molar-refractivity contribution in [3.05, 3.63) is 63.2 Å². The van der Waals surface area contributed by atoms with Gasteiger partial charge in [0, 0.05) is 30.2 Å². The topological polar surface area (TPSA) is 104 Å². The molecule has 0 saturated carbocycles. The number of fused-ring (bicyclic) bond motifs is 1. The first-order valence-electron chi connectivity index (χ1n) is 5.96. The summed E-state index contributed by atoms with van der Waals surface area (Å²) in [6, 6.07) is 5.31. The molecule has 7 heteroatoms. The fourth-order valence-electron chi connectivity index (χ4n) is 1.85. The molecule has 0 fully saturated rings. The van der Waals surface area contributed by atoms with Gasteiger partial charge in [0.2, 0.25) is 0 Å². The molecule has 0 unspecified atom stereocenters. The maximum absolute atomic E-state index is 11.3. The van der Waals surface area contributed by atoms with Gasteiger partial charge >= 0.3 is 11.1 Å². The quantitative estimate of drug-likeness (QED) is 0.605. The number of nitrogens with zero attached hydrogens (tertiary/aromatic N) is 2. The van der Waals surface area contributed by atoms with Gasteiger partial charge in [-0.05, 0) is 18.2 Å². The van der Waals surface area contributed by atoms with Gasteiger partial charge in [-0.1, -0.05) is 0 Å². The number of aromatic amines is 2. The minimum absolute atomic E-state index is 0.569.